The predicted molar refractivity (Wildman–Crippen MR) is 259 cm³/mol. The highest BCUT2D eigenvalue weighted by atomic mass is 16.5. The maximum absolute atomic E-state index is 14.0. The van der Waals surface area contributed by atoms with Crippen LogP contribution in [0.1, 0.15) is 109 Å². The summed E-state index contributed by atoms with van der Waals surface area (Å²) in [5.74, 6) is -5.10. The van der Waals surface area contributed by atoms with Crippen LogP contribution in [-0.2, 0) is 33.6 Å². The molecule has 0 saturated heterocycles. The molecule has 6 N–H and O–H groups in total. The Morgan fingerprint density at radius 3 is 1.96 bits per heavy atom. The summed E-state index contributed by atoms with van der Waals surface area (Å²) >= 11 is 0. The minimum atomic E-state index is -1.24. The molecule has 1 aliphatic rings. The molecule has 5 atom stereocenters. The van der Waals surface area contributed by atoms with Gasteiger partial charge in [0.25, 0.3) is 11.8 Å². The third-order valence-corrected chi connectivity index (χ3v) is 11.8. The summed E-state index contributed by atoms with van der Waals surface area (Å²) < 4.78 is 5.58. The first-order valence-electron chi connectivity index (χ1n) is 23.4. The lowest BCUT2D eigenvalue weighted by molar-refractivity contribution is -0.142. The van der Waals surface area contributed by atoms with Gasteiger partial charge in [-0.1, -0.05) is 65.8 Å². The van der Waals surface area contributed by atoms with Crippen molar-refractivity contribution in [1.82, 2.24) is 41.9 Å². The monoisotopic (exact) mass is 943 g/mol. The number of carbonyl (C=O) groups excluding carboxylic acids is 9. The fraction of sp³-hybridized carbons (Fsp3) is 0.540. The van der Waals surface area contributed by atoms with Crippen molar-refractivity contribution in [2.45, 2.75) is 118 Å². The predicted octanol–water partition coefficient (Wildman–Crippen LogP) is 3.23. The summed E-state index contributed by atoms with van der Waals surface area (Å²) in [5.41, 5.74) is 6.89. The lowest BCUT2D eigenvalue weighted by atomic mass is 9.89. The highest BCUT2D eigenvalue weighted by Crippen LogP contribution is 2.39. The average Bonchev–Trinajstić information content (AvgIpc) is 3.28. The first kappa shape index (κ1) is 54.5. The van der Waals surface area contributed by atoms with Gasteiger partial charge in [-0.2, -0.15) is 0 Å². The number of ether oxygens (including phenoxy) is 1. The second-order valence-electron chi connectivity index (χ2n) is 18.9. The van der Waals surface area contributed by atoms with Crippen LogP contribution in [0.5, 0.6) is 5.75 Å². The summed E-state index contributed by atoms with van der Waals surface area (Å²) in [7, 11) is 3.41. The van der Waals surface area contributed by atoms with E-state index in [2.05, 4.69) is 32.1 Å². The van der Waals surface area contributed by atoms with Gasteiger partial charge in [-0.3, -0.25) is 48.7 Å². The Bertz CT molecular complexity index is 2380. The molecule has 1 heterocycles. The van der Waals surface area contributed by atoms with E-state index in [9.17, 15) is 43.2 Å². The number of imide groups is 1. The quantitative estimate of drug-likeness (QED) is 0.0212. The van der Waals surface area contributed by atoms with E-state index in [1.165, 1.54) is 18.7 Å². The van der Waals surface area contributed by atoms with E-state index in [-0.39, 0.29) is 61.7 Å². The van der Waals surface area contributed by atoms with Crippen molar-refractivity contribution >= 4 is 74.3 Å². The second-order valence-corrected chi connectivity index (χ2v) is 18.9. The Hall–Kier alpha value is -6.11. The second kappa shape index (κ2) is 24.8. The molecule has 6 amide bonds. The van der Waals surface area contributed by atoms with Gasteiger partial charge in [0.2, 0.25) is 35.2 Å². The number of methoxy groups -OCH3 is 1. The zero-order chi connectivity index (χ0) is 50.6. The molecule has 3 aromatic carbocycles. The van der Waals surface area contributed by atoms with E-state index in [1.807, 2.05) is 70.0 Å². The molecular weight excluding hydrogens is 873 g/mol. The maximum Gasteiger partial charge on any atom is 0.262 e. The van der Waals surface area contributed by atoms with E-state index in [0.717, 1.165) is 10.8 Å². The van der Waals surface area contributed by atoms with Crippen LogP contribution < -0.4 is 36.9 Å². The van der Waals surface area contributed by atoms with Gasteiger partial charge in [-0.25, -0.2) is 5.43 Å². The van der Waals surface area contributed by atoms with Gasteiger partial charge < -0.3 is 35.7 Å². The van der Waals surface area contributed by atoms with Gasteiger partial charge in [0.1, 0.15) is 23.6 Å². The van der Waals surface area contributed by atoms with Crippen LogP contribution in [0.15, 0.2) is 42.5 Å². The summed E-state index contributed by atoms with van der Waals surface area (Å²) in [5, 5.41) is 13.5. The van der Waals surface area contributed by atoms with E-state index >= 15 is 0 Å². The van der Waals surface area contributed by atoms with Crippen LogP contribution in [0.4, 0.5) is 0 Å². The number of likely N-dealkylation sites (N-methyl/N-ethyl adjacent to an activating group) is 1. The third kappa shape index (κ3) is 14.2. The van der Waals surface area contributed by atoms with E-state index in [0.29, 0.717) is 47.3 Å². The van der Waals surface area contributed by atoms with Gasteiger partial charge in [0.05, 0.1) is 30.8 Å². The van der Waals surface area contributed by atoms with Crippen molar-refractivity contribution in [2.75, 3.05) is 40.3 Å². The summed E-state index contributed by atoms with van der Waals surface area (Å²) in [6.45, 7) is 16.5. The van der Waals surface area contributed by atoms with E-state index in [4.69, 9.17) is 4.74 Å². The molecule has 4 rings (SSSR count). The lowest BCUT2D eigenvalue weighted by Gasteiger charge is -2.30. The lowest BCUT2D eigenvalue weighted by Crippen LogP contribution is -2.58. The third-order valence-electron chi connectivity index (χ3n) is 11.8. The number of benzene rings is 3. The van der Waals surface area contributed by atoms with Gasteiger partial charge in [-0.05, 0) is 87.4 Å². The average molecular weight is 943 g/mol. The van der Waals surface area contributed by atoms with E-state index < -0.39 is 71.3 Å². The Morgan fingerprint density at radius 2 is 1.32 bits per heavy atom. The number of fused-ring (bicyclic) bond motifs is 2. The molecule has 18 nitrogen and oxygen atoms in total. The molecule has 0 aliphatic carbocycles. The topological polar surface area (TPSA) is 242 Å². The fourth-order valence-corrected chi connectivity index (χ4v) is 8.00. The standard InChI is InChI=1S/C50H70N8O10/c1-27(2)24-37(44(61)45(62)43(29(5)6)55-40(60)19-16-30(7)59)53-46(63)31(8)52-48(65)38(25-28(3)4)54-47(64)32(9)56-51-20-21-57(10)22-23-58-49(66)35-17-18-39(68-11)36-26-33-14-12-13-15-34(33)42(41(35)36)50(58)67/h12-15,17-18,26-29,31-32,37-38,43,51,56H,16,19-25H2,1-11H3,(H,52,65)(H,53,63)(H,54,64)(H,55,60)/t31-,32-,37?,38?,43-/m0/s1. The van der Waals surface area contributed by atoms with Crippen molar-refractivity contribution in [2.24, 2.45) is 17.8 Å². The van der Waals surface area contributed by atoms with Crippen LogP contribution >= 0.6 is 0 Å². The molecule has 3 aromatic rings. The molecule has 1 aliphatic heterocycles. The highest BCUT2D eigenvalue weighted by Gasteiger charge is 2.37. The van der Waals surface area contributed by atoms with Crippen molar-refractivity contribution in [3.05, 3.63) is 53.6 Å². The highest BCUT2D eigenvalue weighted by molar-refractivity contribution is 6.41. The molecule has 68 heavy (non-hydrogen) atoms. The van der Waals surface area contributed by atoms with Crippen molar-refractivity contribution in [3.63, 3.8) is 0 Å². The number of hydrazine groups is 1. The molecule has 0 radical (unpaired) electrons. The minimum Gasteiger partial charge on any atom is -0.496 e. The summed E-state index contributed by atoms with van der Waals surface area (Å²) in [6, 6.07) is 7.59. The largest absolute Gasteiger partial charge is 0.496 e. The molecular formula is C50H70N8O10. The van der Waals surface area contributed by atoms with Crippen LogP contribution in [0.3, 0.4) is 0 Å². The fourth-order valence-electron chi connectivity index (χ4n) is 8.00. The summed E-state index contributed by atoms with van der Waals surface area (Å²) in [4.78, 5) is 122. The number of nitrogens with one attached hydrogen (secondary N) is 6. The maximum atomic E-state index is 14.0. The first-order valence-corrected chi connectivity index (χ1v) is 23.4. The number of hydrogen-bond donors (Lipinski definition) is 6. The van der Waals surface area contributed by atoms with Gasteiger partial charge in [-0.15, -0.1) is 0 Å². The molecule has 0 spiro atoms. The molecule has 0 fully saturated rings. The van der Waals surface area contributed by atoms with Crippen molar-refractivity contribution in [3.8, 4) is 5.75 Å². The number of carbonyl (C=O) groups is 9. The molecule has 18 heteroatoms. The molecule has 2 unspecified atom stereocenters. The number of hydrogen-bond acceptors (Lipinski definition) is 13. The minimum absolute atomic E-state index is 0.00929. The normalized spacial score (nSPS) is 14.8. The molecule has 0 aromatic heterocycles. The number of Topliss-reactive ketones (excluding diaryl/α,β-unsaturated/α-hetero) is 3. The van der Waals surface area contributed by atoms with E-state index in [1.54, 1.807) is 40.0 Å². The van der Waals surface area contributed by atoms with Crippen molar-refractivity contribution in [1.29, 1.82) is 0 Å². The number of nitrogens with zero attached hydrogens (tertiary/aromatic N) is 2. The van der Waals surface area contributed by atoms with Crippen LogP contribution in [0, 0.1) is 17.8 Å². The van der Waals surface area contributed by atoms with Crippen LogP contribution in [0.25, 0.3) is 21.5 Å². The van der Waals surface area contributed by atoms with Gasteiger partial charge in [0, 0.05) is 55.4 Å². The van der Waals surface area contributed by atoms with Crippen LogP contribution in [0.2, 0.25) is 0 Å². The smallest absolute Gasteiger partial charge is 0.262 e. The zero-order valence-corrected chi connectivity index (χ0v) is 41.3. The Balaban J connectivity index is 1.28. The SMILES string of the molecule is COc1ccc2c3c(c4ccccc4cc13)C(=O)N(CCN(C)CCNN[C@@H](C)C(=O)NC(CC(C)C)C(=O)N[C@@H](C)C(=O)NC(CC(C)C)C(=O)C(=O)[C@@H](NC(=O)CCC(C)=O)C(C)C)C2=O. The Morgan fingerprint density at radius 1 is 0.691 bits per heavy atom. The molecule has 0 bridgehead atoms. The van der Waals surface area contributed by atoms with Gasteiger partial charge >= 0.3 is 0 Å². The number of amides is 6. The molecule has 370 valence electrons. The number of ketones is 3. The van der Waals surface area contributed by atoms with Crippen LogP contribution in [-0.4, -0.2) is 133 Å². The van der Waals surface area contributed by atoms with Crippen molar-refractivity contribution < 1.29 is 47.9 Å². The Labute approximate surface area is 398 Å². The summed E-state index contributed by atoms with van der Waals surface area (Å²) in [6.07, 6.45) is 0.225. The first-order chi connectivity index (χ1) is 32.0. The van der Waals surface area contributed by atoms with Gasteiger partial charge in [0.15, 0.2) is 0 Å². The molecule has 0 saturated carbocycles. The number of rotatable bonds is 27. The Kier molecular flexibility index (Phi) is 19.9. The zero-order valence-electron chi connectivity index (χ0n) is 41.3.